The number of benzene rings is 1. The Balaban J connectivity index is 1.53. The number of ether oxygens (including phenoxy) is 3. The number of methoxy groups -OCH3 is 2. The Morgan fingerprint density at radius 1 is 1.10 bits per heavy atom. The van der Waals surface area contributed by atoms with Gasteiger partial charge in [0.2, 0.25) is 0 Å². The van der Waals surface area contributed by atoms with Crippen molar-refractivity contribution in [1.29, 1.82) is 0 Å². The van der Waals surface area contributed by atoms with Crippen LogP contribution in [0.25, 0.3) is 10.6 Å². The number of rotatable bonds is 9. The van der Waals surface area contributed by atoms with Gasteiger partial charge < -0.3 is 19.1 Å². The predicted octanol–water partition coefficient (Wildman–Crippen LogP) is 3.63. The van der Waals surface area contributed by atoms with Gasteiger partial charge in [-0.1, -0.05) is 0 Å². The van der Waals surface area contributed by atoms with E-state index in [0.29, 0.717) is 23.7 Å². The molecule has 0 aliphatic rings. The molecule has 158 valence electrons. The molecule has 0 bridgehead atoms. The third-order valence-corrected chi connectivity index (χ3v) is 5.96. The van der Waals surface area contributed by atoms with Crippen LogP contribution in [0.4, 0.5) is 0 Å². The molecule has 2 aromatic heterocycles. The molecular formula is C21H22N2O5S2. The van der Waals surface area contributed by atoms with Crippen molar-refractivity contribution in [2.45, 2.75) is 13.0 Å². The van der Waals surface area contributed by atoms with Gasteiger partial charge in [0.15, 0.2) is 18.1 Å². The lowest BCUT2D eigenvalue weighted by molar-refractivity contribution is -0.151. The zero-order chi connectivity index (χ0) is 21.5. The normalized spacial score (nSPS) is 10.5. The van der Waals surface area contributed by atoms with Crippen LogP contribution in [0.15, 0.2) is 40.4 Å². The Labute approximate surface area is 182 Å². The average Bonchev–Trinajstić information content (AvgIpc) is 3.43. The van der Waals surface area contributed by atoms with E-state index >= 15 is 0 Å². The molecule has 0 N–H and O–H groups in total. The summed E-state index contributed by atoms with van der Waals surface area (Å²) in [5.41, 5.74) is 2.50. The van der Waals surface area contributed by atoms with Crippen molar-refractivity contribution < 1.29 is 23.8 Å². The molecule has 0 aliphatic heterocycles. The minimum Gasteiger partial charge on any atom is -0.493 e. The van der Waals surface area contributed by atoms with Crippen molar-refractivity contribution in [2.24, 2.45) is 0 Å². The van der Waals surface area contributed by atoms with Crippen LogP contribution in [-0.4, -0.2) is 49.6 Å². The SMILES string of the molecule is COc1ccc(-c2nc(CC(=O)OCC(=O)N(C)Cc3ccsc3)cs2)cc1OC. The molecule has 0 radical (unpaired) electrons. The monoisotopic (exact) mass is 446 g/mol. The van der Waals surface area contributed by atoms with Crippen molar-refractivity contribution in [3.8, 4) is 22.1 Å². The summed E-state index contributed by atoms with van der Waals surface area (Å²) < 4.78 is 15.7. The zero-order valence-corrected chi connectivity index (χ0v) is 18.5. The number of carbonyl (C=O) groups is 2. The maximum absolute atomic E-state index is 12.1. The minimum atomic E-state index is -0.489. The number of esters is 1. The van der Waals surface area contributed by atoms with Crippen molar-refractivity contribution in [3.63, 3.8) is 0 Å². The standard InChI is InChI=1S/C21H22N2O5S2/c1-23(10-14-6-7-29-12-14)19(24)11-28-20(25)9-16-13-30-21(22-16)15-4-5-17(26-2)18(8-15)27-3/h4-8,12-13H,9-11H2,1-3H3. The first-order chi connectivity index (χ1) is 14.5. The van der Waals surface area contributed by atoms with Gasteiger partial charge >= 0.3 is 5.97 Å². The summed E-state index contributed by atoms with van der Waals surface area (Å²) in [5.74, 6) is 0.502. The number of nitrogens with zero attached hydrogens (tertiary/aromatic N) is 2. The molecule has 0 unspecified atom stereocenters. The van der Waals surface area contributed by atoms with Gasteiger partial charge in [-0.15, -0.1) is 11.3 Å². The fraction of sp³-hybridized carbons (Fsp3) is 0.286. The van der Waals surface area contributed by atoms with Crippen LogP contribution >= 0.6 is 22.7 Å². The Morgan fingerprint density at radius 2 is 1.90 bits per heavy atom. The summed E-state index contributed by atoms with van der Waals surface area (Å²) in [6.07, 6.45) is 0.00527. The van der Waals surface area contributed by atoms with E-state index in [-0.39, 0.29) is 18.9 Å². The summed E-state index contributed by atoms with van der Waals surface area (Å²) >= 11 is 2.99. The first kappa shape index (κ1) is 21.8. The van der Waals surface area contributed by atoms with Gasteiger partial charge in [0, 0.05) is 24.5 Å². The highest BCUT2D eigenvalue weighted by Gasteiger charge is 2.15. The molecule has 1 aromatic carbocycles. The molecular weight excluding hydrogens is 424 g/mol. The lowest BCUT2D eigenvalue weighted by Gasteiger charge is -2.16. The third-order valence-electron chi connectivity index (χ3n) is 4.29. The highest BCUT2D eigenvalue weighted by Crippen LogP contribution is 2.33. The Hall–Kier alpha value is -2.91. The van der Waals surface area contributed by atoms with E-state index in [2.05, 4.69) is 4.98 Å². The number of carbonyl (C=O) groups excluding carboxylic acids is 2. The van der Waals surface area contributed by atoms with Gasteiger partial charge in [0.1, 0.15) is 5.01 Å². The summed E-state index contributed by atoms with van der Waals surface area (Å²) in [6, 6.07) is 7.48. The molecule has 0 atom stereocenters. The number of hydrogen-bond acceptors (Lipinski definition) is 8. The quantitative estimate of drug-likeness (QED) is 0.467. The van der Waals surface area contributed by atoms with Crippen LogP contribution < -0.4 is 9.47 Å². The van der Waals surface area contributed by atoms with Crippen LogP contribution in [0.3, 0.4) is 0 Å². The molecule has 0 fully saturated rings. The van der Waals surface area contributed by atoms with Crippen molar-refractivity contribution >= 4 is 34.6 Å². The second kappa shape index (κ2) is 10.2. The van der Waals surface area contributed by atoms with E-state index in [0.717, 1.165) is 16.1 Å². The number of thiophene rings is 1. The van der Waals surface area contributed by atoms with Crippen molar-refractivity contribution in [3.05, 3.63) is 51.7 Å². The van der Waals surface area contributed by atoms with E-state index in [1.807, 2.05) is 35.0 Å². The van der Waals surface area contributed by atoms with Crippen molar-refractivity contribution in [1.82, 2.24) is 9.88 Å². The summed E-state index contributed by atoms with van der Waals surface area (Å²) in [5, 5.41) is 6.49. The zero-order valence-electron chi connectivity index (χ0n) is 16.9. The molecule has 30 heavy (non-hydrogen) atoms. The number of aromatic nitrogens is 1. The maximum atomic E-state index is 12.1. The van der Waals surface area contributed by atoms with Crippen molar-refractivity contribution in [2.75, 3.05) is 27.9 Å². The van der Waals surface area contributed by atoms with Crippen LogP contribution in [-0.2, 0) is 27.3 Å². The van der Waals surface area contributed by atoms with E-state index in [1.54, 1.807) is 38.0 Å². The largest absolute Gasteiger partial charge is 0.493 e. The van der Waals surface area contributed by atoms with E-state index in [1.165, 1.54) is 16.2 Å². The second-order valence-electron chi connectivity index (χ2n) is 6.43. The first-order valence-corrected chi connectivity index (χ1v) is 10.9. The van der Waals surface area contributed by atoms with Gasteiger partial charge in [-0.05, 0) is 40.6 Å². The maximum Gasteiger partial charge on any atom is 0.312 e. The number of amides is 1. The Bertz CT molecular complexity index is 1000. The molecule has 0 saturated carbocycles. The summed E-state index contributed by atoms with van der Waals surface area (Å²) in [7, 11) is 4.84. The number of thiazole rings is 1. The fourth-order valence-electron chi connectivity index (χ4n) is 2.69. The van der Waals surface area contributed by atoms with Gasteiger partial charge in [-0.3, -0.25) is 9.59 Å². The average molecular weight is 447 g/mol. The fourth-order valence-corrected chi connectivity index (χ4v) is 4.16. The highest BCUT2D eigenvalue weighted by molar-refractivity contribution is 7.13. The second-order valence-corrected chi connectivity index (χ2v) is 8.07. The van der Waals surface area contributed by atoms with Gasteiger partial charge in [-0.2, -0.15) is 11.3 Å². The van der Waals surface area contributed by atoms with E-state index in [9.17, 15) is 9.59 Å². The Morgan fingerprint density at radius 3 is 2.60 bits per heavy atom. The smallest absolute Gasteiger partial charge is 0.312 e. The van der Waals surface area contributed by atoms with E-state index in [4.69, 9.17) is 14.2 Å². The lowest BCUT2D eigenvalue weighted by atomic mass is 10.2. The topological polar surface area (TPSA) is 78.0 Å². The van der Waals surface area contributed by atoms with E-state index < -0.39 is 5.97 Å². The molecule has 3 rings (SSSR count). The Kier molecular flexibility index (Phi) is 7.42. The minimum absolute atomic E-state index is 0.00527. The number of likely N-dealkylation sites (N-methyl/N-ethyl adjacent to an activating group) is 1. The van der Waals surface area contributed by atoms with Crippen LogP contribution in [0.5, 0.6) is 11.5 Å². The van der Waals surface area contributed by atoms with Gasteiger partial charge in [0.25, 0.3) is 5.91 Å². The molecule has 1 amide bonds. The molecule has 0 aliphatic carbocycles. The summed E-state index contributed by atoms with van der Waals surface area (Å²) in [4.78, 5) is 30.3. The summed E-state index contributed by atoms with van der Waals surface area (Å²) in [6.45, 7) is 0.201. The van der Waals surface area contributed by atoms with Crippen LogP contribution in [0.1, 0.15) is 11.3 Å². The molecule has 3 aromatic rings. The van der Waals surface area contributed by atoms with Gasteiger partial charge in [-0.25, -0.2) is 4.98 Å². The molecule has 0 spiro atoms. The highest BCUT2D eigenvalue weighted by atomic mass is 32.1. The third kappa shape index (κ3) is 5.58. The lowest BCUT2D eigenvalue weighted by Crippen LogP contribution is -2.30. The molecule has 7 nitrogen and oxygen atoms in total. The van der Waals surface area contributed by atoms with Crippen LogP contribution in [0.2, 0.25) is 0 Å². The molecule has 9 heteroatoms. The molecule has 2 heterocycles. The first-order valence-electron chi connectivity index (χ1n) is 9.07. The van der Waals surface area contributed by atoms with Crippen LogP contribution in [0, 0.1) is 0 Å². The predicted molar refractivity (Wildman–Crippen MR) is 116 cm³/mol. The number of hydrogen-bond donors (Lipinski definition) is 0. The van der Waals surface area contributed by atoms with Gasteiger partial charge in [0.05, 0.1) is 26.3 Å². The molecule has 0 saturated heterocycles.